The number of hydrogen-bond acceptors (Lipinski definition) is 3. The molecule has 2 rings (SSSR count). The van der Waals surface area contributed by atoms with Gasteiger partial charge >= 0.3 is 0 Å². The highest BCUT2D eigenvalue weighted by Crippen LogP contribution is 2.36. The Bertz CT molecular complexity index is 656. The second kappa shape index (κ2) is 5.37. The molecule has 1 aliphatic carbocycles. The summed E-state index contributed by atoms with van der Waals surface area (Å²) in [6.07, 6.45) is 6.74. The van der Waals surface area contributed by atoms with Crippen LogP contribution in [0.2, 0.25) is 0 Å². The minimum absolute atomic E-state index is 0.0614. The SMILES string of the molecule is CCS(=O)(=O)C1(C(=O)c2ccccc2)C=CC=CC1C. The van der Waals surface area contributed by atoms with Gasteiger partial charge in [-0.05, 0) is 0 Å². The van der Waals surface area contributed by atoms with Gasteiger partial charge in [0.2, 0.25) is 0 Å². The van der Waals surface area contributed by atoms with Gasteiger partial charge < -0.3 is 0 Å². The lowest BCUT2D eigenvalue weighted by Crippen LogP contribution is -2.51. The summed E-state index contributed by atoms with van der Waals surface area (Å²) < 4.78 is 23.7. The topological polar surface area (TPSA) is 51.2 Å². The molecule has 0 N–H and O–H groups in total. The summed E-state index contributed by atoms with van der Waals surface area (Å²) in [6, 6.07) is 8.61. The summed E-state index contributed by atoms with van der Waals surface area (Å²) in [4.78, 5) is 12.9. The first-order valence-corrected chi connectivity index (χ1v) is 8.29. The zero-order valence-corrected chi connectivity index (χ0v) is 12.4. The van der Waals surface area contributed by atoms with Crippen LogP contribution < -0.4 is 0 Å². The second-order valence-corrected chi connectivity index (χ2v) is 7.41. The molecular weight excluding hydrogens is 272 g/mol. The van der Waals surface area contributed by atoms with Crippen molar-refractivity contribution in [2.75, 3.05) is 5.75 Å². The molecule has 2 unspecified atom stereocenters. The molecule has 0 saturated heterocycles. The average molecular weight is 290 g/mol. The molecule has 0 bridgehead atoms. The van der Waals surface area contributed by atoms with E-state index in [0.717, 1.165) is 0 Å². The van der Waals surface area contributed by atoms with Gasteiger partial charge in [-0.1, -0.05) is 68.5 Å². The van der Waals surface area contributed by atoms with Crippen molar-refractivity contribution in [2.45, 2.75) is 18.6 Å². The molecule has 0 aliphatic heterocycles. The van der Waals surface area contributed by atoms with Crippen LogP contribution in [0.5, 0.6) is 0 Å². The van der Waals surface area contributed by atoms with Crippen molar-refractivity contribution in [2.24, 2.45) is 5.92 Å². The predicted molar refractivity (Wildman–Crippen MR) is 80.4 cm³/mol. The molecule has 0 heterocycles. The molecule has 2 atom stereocenters. The highest BCUT2D eigenvalue weighted by Gasteiger charge is 2.51. The molecule has 0 spiro atoms. The van der Waals surface area contributed by atoms with Gasteiger partial charge in [0.25, 0.3) is 0 Å². The molecule has 1 aromatic carbocycles. The number of carbonyl (C=O) groups is 1. The van der Waals surface area contributed by atoms with Gasteiger partial charge in [-0.25, -0.2) is 8.42 Å². The van der Waals surface area contributed by atoms with E-state index in [1.165, 1.54) is 6.08 Å². The monoisotopic (exact) mass is 290 g/mol. The van der Waals surface area contributed by atoms with Crippen molar-refractivity contribution in [3.05, 3.63) is 60.2 Å². The van der Waals surface area contributed by atoms with Crippen molar-refractivity contribution >= 4 is 15.6 Å². The number of carbonyl (C=O) groups excluding carboxylic acids is 1. The van der Waals surface area contributed by atoms with E-state index in [1.807, 2.05) is 0 Å². The van der Waals surface area contributed by atoms with Gasteiger partial charge in [0.05, 0.1) is 0 Å². The van der Waals surface area contributed by atoms with Gasteiger partial charge in [-0.15, -0.1) is 0 Å². The van der Waals surface area contributed by atoms with Gasteiger partial charge in [0.1, 0.15) is 0 Å². The molecular formula is C16H18O3S. The first-order valence-electron chi connectivity index (χ1n) is 6.64. The summed E-state index contributed by atoms with van der Waals surface area (Å²) in [5, 5.41) is 0. The van der Waals surface area contributed by atoms with Gasteiger partial charge in [0, 0.05) is 17.2 Å². The molecule has 0 saturated carbocycles. The van der Waals surface area contributed by atoms with Crippen LogP contribution in [0.4, 0.5) is 0 Å². The van der Waals surface area contributed by atoms with E-state index >= 15 is 0 Å². The highest BCUT2D eigenvalue weighted by molar-refractivity contribution is 7.93. The Kier molecular flexibility index (Phi) is 3.95. The van der Waals surface area contributed by atoms with E-state index in [4.69, 9.17) is 0 Å². The summed E-state index contributed by atoms with van der Waals surface area (Å²) in [6.45, 7) is 3.35. The fourth-order valence-corrected chi connectivity index (χ4v) is 4.40. The van der Waals surface area contributed by atoms with E-state index in [0.29, 0.717) is 5.56 Å². The summed E-state index contributed by atoms with van der Waals surface area (Å²) in [5.41, 5.74) is 0.427. The Labute approximate surface area is 119 Å². The van der Waals surface area contributed by atoms with Crippen LogP contribution >= 0.6 is 0 Å². The van der Waals surface area contributed by atoms with E-state index in [1.54, 1.807) is 62.4 Å². The zero-order chi connectivity index (χ0) is 14.8. The molecule has 0 radical (unpaired) electrons. The molecule has 1 aromatic rings. The third kappa shape index (κ3) is 2.14. The van der Waals surface area contributed by atoms with Crippen molar-refractivity contribution in [3.63, 3.8) is 0 Å². The Balaban J connectivity index is 2.63. The smallest absolute Gasteiger partial charge is 0.188 e. The van der Waals surface area contributed by atoms with Crippen molar-refractivity contribution < 1.29 is 13.2 Å². The summed E-state index contributed by atoms with van der Waals surface area (Å²) in [7, 11) is -3.57. The Hall–Kier alpha value is -1.68. The van der Waals surface area contributed by atoms with Crippen LogP contribution in [0, 0.1) is 5.92 Å². The van der Waals surface area contributed by atoms with Gasteiger partial charge in [-0.3, -0.25) is 4.79 Å². The number of rotatable bonds is 4. The number of allylic oxidation sites excluding steroid dienone is 3. The van der Waals surface area contributed by atoms with Crippen LogP contribution in [0.3, 0.4) is 0 Å². The molecule has 0 amide bonds. The average Bonchev–Trinajstić information content (AvgIpc) is 2.48. The lowest BCUT2D eigenvalue weighted by molar-refractivity contribution is 0.0942. The maximum Gasteiger partial charge on any atom is 0.188 e. The Morgan fingerprint density at radius 2 is 1.85 bits per heavy atom. The number of sulfone groups is 1. The maximum absolute atomic E-state index is 12.9. The fraction of sp³-hybridized carbons (Fsp3) is 0.312. The number of Topliss-reactive ketones (excluding diaryl/α,β-unsaturated/α-hetero) is 1. The van der Waals surface area contributed by atoms with Crippen molar-refractivity contribution in [1.82, 2.24) is 0 Å². The highest BCUT2D eigenvalue weighted by atomic mass is 32.2. The van der Waals surface area contributed by atoms with Crippen LogP contribution in [0.15, 0.2) is 54.6 Å². The molecule has 1 aliphatic rings. The third-order valence-electron chi connectivity index (χ3n) is 3.82. The fourth-order valence-electron chi connectivity index (χ4n) is 2.59. The van der Waals surface area contributed by atoms with E-state index in [9.17, 15) is 13.2 Å². The first-order chi connectivity index (χ1) is 9.45. The van der Waals surface area contributed by atoms with E-state index in [2.05, 4.69) is 0 Å². The van der Waals surface area contributed by atoms with Crippen molar-refractivity contribution in [1.29, 1.82) is 0 Å². The zero-order valence-electron chi connectivity index (χ0n) is 11.6. The van der Waals surface area contributed by atoms with Gasteiger partial charge in [0.15, 0.2) is 20.4 Å². The number of benzene rings is 1. The summed E-state index contributed by atoms with van der Waals surface area (Å²) >= 11 is 0. The second-order valence-electron chi connectivity index (χ2n) is 4.92. The predicted octanol–water partition coefficient (Wildman–Crippen LogP) is 2.80. The molecule has 4 heteroatoms. The third-order valence-corrected chi connectivity index (χ3v) is 6.30. The Morgan fingerprint density at radius 1 is 1.20 bits per heavy atom. The van der Waals surface area contributed by atoms with E-state index in [-0.39, 0.29) is 17.5 Å². The first kappa shape index (κ1) is 14.7. The minimum Gasteiger partial charge on any atom is -0.292 e. The molecule has 0 fully saturated rings. The van der Waals surface area contributed by atoms with Gasteiger partial charge in [-0.2, -0.15) is 0 Å². The molecule has 0 aromatic heterocycles. The van der Waals surface area contributed by atoms with Crippen molar-refractivity contribution in [3.8, 4) is 0 Å². The lowest BCUT2D eigenvalue weighted by atomic mass is 9.83. The Morgan fingerprint density at radius 3 is 2.40 bits per heavy atom. The van der Waals surface area contributed by atoms with Crippen LogP contribution in [-0.4, -0.2) is 24.7 Å². The number of hydrogen-bond donors (Lipinski definition) is 0. The van der Waals surface area contributed by atoms with E-state index < -0.39 is 14.6 Å². The summed E-state index contributed by atoms with van der Waals surface area (Å²) in [5.74, 6) is -0.799. The normalized spacial score (nSPS) is 25.6. The standard InChI is InChI=1S/C16H18O3S/c1-3-20(18,19)16(12-8-7-9-13(16)2)15(17)14-10-5-4-6-11-14/h4-13H,3H2,1-2H3. The molecule has 20 heavy (non-hydrogen) atoms. The molecule has 106 valence electrons. The largest absolute Gasteiger partial charge is 0.292 e. The van der Waals surface area contributed by atoms with Crippen LogP contribution in [-0.2, 0) is 9.84 Å². The quantitative estimate of drug-likeness (QED) is 0.801. The molecule has 3 nitrogen and oxygen atoms in total. The minimum atomic E-state index is -3.57. The maximum atomic E-state index is 12.9. The van der Waals surface area contributed by atoms with Crippen LogP contribution in [0.1, 0.15) is 24.2 Å². The van der Waals surface area contributed by atoms with Crippen LogP contribution in [0.25, 0.3) is 0 Å². The number of ketones is 1. The lowest BCUT2D eigenvalue weighted by Gasteiger charge is -2.34.